The Kier molecular flexibility index (Phi) is 2.78. The van der Waals surface area contributed by atoms with Gasteiger partial charge in [0, 0.05) is 6.92 Å². The summed E-state index contributed by atoms with van der Waals surface area (Å²) in [6.45, 7) is 3.13. The van der Waals surface area contributed by atoms with Gasteiger partial charge in [0.1, 0.15) is 6.42 Å². The van der Waals surface area contributed by atoms with Gasteiger partial charge in [0.15, 0.2) is 0 Å². The molecule has 0 rings (SSSR count). The topological polar surface area (TPSA) is 37.3 Å². The molecule has 1 N–H and O–H groups in total. The van der Waals surface area contributed by atoms with E-state index < -0.39 is 5.97 Å². The first kappa shape index (κ1) is 6.03. The van der Waals surface area contributed by atoms with Crippen molar-refractivity contribution in [3.63, 3.8) is 0 Å². The van der Waals surface area contributed by atoms with E-state index in [9.17, 15) is 4.79 Å². The van der Waals surface area contributed by atoms with Crippen molar-refractivity contribution in [2.45, 2.75) is 6.42 Å². The fourth-order valence-electron chi connectivity index (χ4n) is 0.138. The van der Waals surface area contributed by atoms with Gasteiger partial charge in [0.05, 0.1) is 0 Å². The van der Waals surface area contributed by atoms with Crippen molar-refractivity contribution in [2.24, 2.45) is 0 Å². The van der Waals surface area contributed by atoms with E-state index in [1.807, 2.05) is 0 Å². The second-order valence-corrected chi connectivity index (χ2v) is 0.924. The second kappa shape index (κ2) is 3.23. The first-order valence-corrected chi connectivity index (χ1v) is 1.74. The summed E-state index contributed by atoms with van der Waals surface area (Å²) in [5.74, 6) is 3.60. The van der Waals surface area contributed by atoms with Crippen molar-refractivity contribution in [3.8, 4) is 11.8 Å². The van der Waals surface area contributed by atoms with Gasteiger partial charge < -0.3 is 5.11 Å². The number of hydrogen-bond donors (Lipinski definition) is 1. The number of carboxylic acids is 1. The van der Waals surface area contributed by atoms with Crippen molar-refractivity contribution in [1.82, 2.24) is 0 Å². The molecular formula is C5H5O2. The Balaban J connectivity index is 3.26. The minimum Gasteiger partial charge on any atom is -0.481 e. The Morgan fingerprint density at radius 2 is 2.43 bits per heavy atom. The molecule has 0 aliphatic heterocycles. The SMILES string of the molecule is [CH2]C#CCC(=O)O. The highest BCUT2D eigenvalue weighted by Crippen LogP contribution is 1.70. The molecule has 0 saturated carbocycles. The first-order valence-electron chi connectivity index (χ1n) is 1.74. The molecule has 0 spiro atoms. The highest BCUT2D eigenvalue weighted by molar-refractivity contribution is 5.69. The van der Waals surface area contributed by atoms with Gasteiger partial charge in [-0.05, 0) is 0 Å². The molecule has 0 amide bonds. The standard InChI is InChI=1S/C5H5O2/c1-2-3-4-5(6)7/h1,4H2,(H,6,7). The van der Waals surface area contributed by atoms with E-state index in [2.05, 4.69) is 18.8 Å². The van der Waals surface area contributed by atoms with Gasteiger partial charge in [0.2, 0.25) is 0 Å². The van der Waals surface area contributed by atoms with Crippen LogP contribution in [0, 0.1) is 18.8 Å². The number of carboxylic acid groups (broad SMARTS) is 1. The maximum Gasteiger partial charge on any atom is 0.315 e. The van der Waals surface area contributed by atoms with Crippen molar-refractivity contribution in [1.29, 1.82) is 0 Å². The summed E-state index contributed by atoms with van der Waals surface area (Å²) in [5, 5.41) is 7.91. The van der Waals surface area contributed by atoms with E-state index >= 15 is 0 Å². The van der Waals surface area contributed by atoms with Gasteiger partial charge in [-0.25, -0.2) is 0 Å². The molecule has 0 aliphatic rings. The van der Waals surface area contributed by atoms with Gasteiger partial charge in [-0.1, -0.05) is 5.92 Å². The third-order valence-corrected chi connectivity index (χ3v) is 0.365. The lowest BCUT2D eigenvalue weighted by molar-refractivity contribution is -0.135. The zero-order chi connectivity index (χ0) is 5.70. The predicted molar refractivity (Wildman–Crippen MR) is 25.4 cm³/mol. The minimum atomic E-state index is -0.906. The van der Waals surface area contributed by atoms with Crippen LogP contribution < -0.4 is 0 Å². The summed E-state index contributed by atoms with van der Waals surface area (Å²) in [4.78, 5) is 9.63. The lowest BCUT2D eigenvalue weighted by atomic mass is 10.4. The molecule has 0 aliphatic carbocycles. The van der Waals surface area contributed by atoms with E-state index in [0.29, 0.717) is 0 Å². The summed E-state index contributed by atoms with van der Waals surface area (Å²) in [5.41, 5.74) is 0. The Morgan fingerprint density at radius 1 is 1.86 bits per heavy atom. The van der Waals surface area contributed by atoms with Crippen molar-refractivity contribution < 1.29 is 9.90 Å². The molecule has 0 aromatic carbocycles. The van der Waals surface area contributed by atoms with Gasteiger partial charge in [0.25, 0.3) is 0 Å². The van der Waals surface area contributed by atoms with Crippen LogP contribution in [0.2, 0.25) is 0 Å². The minimum absolute atomic E-state index is 0.108. The zero-order valence-electron chi connectivity index (χ0n) is 3.77. The van der Waals surface area contributed by atoms with E-state index in [4.69, 9.17) is 5.11 Å². The summed E-state index contributed by atoms with van der Waals surface area (Å²) < 4.78 is 0. The fraction of sp³-hybridized carbons (Fsp3) is 0.200. The molecule has 37 valence electrons. The summed E-state index contributed by atoms with van der Waals surface area (Å²) in [6.07, 6.45) is -0.108. The van der Waals surface area contributed by atoms with Crippen LogP contribution in [0.4, 0.5) is 0 Å². The average molecular weight is 97.1 g/mol. The molecule has 0 unspecified atom stereocenters. The molecule has 7 heavy (non-hydrogen) atoms. The quantitative estimate of drug-likeness (QED) is 0.478. The second-order valence-electron chi connectivity index (χ2n) is 0.924. The Labute approximate surface area is 42.2 Å². The number of rotatable bonds is 1. The highest BCUT2D eigenvalue weighted by Gasteiger charge is 1.85. The number of hydrogen-bond acceptors (Lipinski definition) is 1. The third kappa shape index (κ3) is 5.03. The van der Waals surface area contributed by atoms with Gasteiger partial charge >= 0.3 is 5.97 Å². The van der Waals surface area contributed by atoms with Gasteiger partial charge in [-0.15, -0.1) is 5.92 Å². The van der Waals surface area contributed by atoms with Crippen LogP contribution in [-0.2, 0) is 4.79 Å². The molecule has 0 fully saturated rings. The van der Waals surface area contributed by atoms with Gasteiger partial charge in [-0.3, -0.25) is 4.79 Å². The largest absolute Gasteiger partial charge is 0.481 e. The number of aliphatic carboxylic acids is 1. The predicted octanol–water partition coefficient (Wildman–Crippen LogP) is 0.299. The van der Waals surface area contributed by atoms with Crippen LogP contribution in [-0.4, -0.2) is 11.1 Å². The van der Waals surface area contributed by atoms with Crippen molar-refractivity contribution in [3.05, 3.63) is 6.92 Å². The molecular weight excluding hydrogens is 92.1 g/mol. The fourth-order valence-corrected chi connectivity index (χ4v) is 0.138. The van der Waals surface area contributed by atoms with Crippen LogP contribution in [0.3, 0.4) is 0 Å². The van der Waals surface area contributed by atoms with Crippen LogP contribution in [0.5, 0.6) is 0 Å². The summed E-state index contributed by atoms with van der Waals surface area (Å²) in [6, 6.07) is 0. The maximum atomic E-state index is 9.63. The molecule has 0 heterocycles. The zero-order valence-corrected chi connectivity index (χ0v) is 3.77. The molecule has 0 atom stereocenters. The maximum absolute atomic E-state index is 9.63. The Bertz CT molecular complexity index is 116. The molecule has 2 heteroatoms. The highest BCUT2D eigenvalue weighted by atomic mass is 16.4. The molecule has 0 aromatic rings. The van der Waals surface area contributed by atoms with Crippen LogP contribution in [0.25, 0.3) is 0 Å². The molecule has 2 nitrogen and oxygen atoms in total. The lowest BCUT2D eigenvalue weighted by Gasteiger charge is -1.73. The van der Waals surface area contributed by atoms with E-state index in [-0.39, 0.29) is 6.42 Å². The Morgan fingerprint density at radius 3 is 2.57 bits per heavy atom. The van der Waals surface area contributed by atoms with Crippen molar-refractivity contribution in [2.75, 3.05) is 0 Å². The van der Waals surface area contributed by atoms with E-state index in [1.54, 1.807) is 0 Å². The summed E-state index contributed by atoms with van der Waals surface area (Å²) in [7, 11) is 0. The van der Waals surface area contributed by atoms with Crippen LogP contribution in [0.15, 0.2) is 0 Å². The third-order valence-electron chi connectivity index (χ3n) is 0.365. The normalized spacial score (nSPS) is 6.43. The average Bonchev–Trinajstić information content (AvgIpc) is 1.61. The molecule has 0 saturated heterocycles. The smallest absolute Gasteiger partial charge is 0.315 e. The monoisotopic (exact) mass is 97.0 g/mol. The molecule has 1 radical (unpaired) electrons. The molecule has 0 aromatic heterocycles. The van der Waals surface area contributed by atoms with E-state index in [1.165, 1.54) is 0 Å². The van der Waals surface area contributed by atoms with Crippen molar-refractivity contribution >= 4 is 5.97 Å². The Hall–Kier alpha value is -0.970. The summed E-state index contributed by atoms with van der Waals surface area (Å²) >= 11 is 0. The lowest BCUT2D eigenvalue weighted by Crippen LogP contribution is -1.89. The first-order chi connectivity index (χ1) is 3.27. The molecule has 0 bridgehead atoms. The van der Waals surface area contributed by atoms with Crippen LogP contribution in [0.1, 0.15) is 6.42 Å². The van der Waals surface area contributed by atoms with E-state index in [0.717, 1.165) is 0 Å². The van der Waals surface area contributed by atoms with Gasteiger partial charge in [-0.2, -0.15) is 0 Å². The van der Waals surface area contributed by atoms with Crippen LogP contribution >= 0.6 is 0 Å². The number of carbonyl (C=O) groups is 1.